The van der Waals surface area contributed by atoms with Gasteiger partial charge in [-0.1, -0.05) is 0 Å². The molecule has 9 heavy (non-hydrogen) atoms. The van der Waals surface area contributed by atoms with Crippen LogP contribution in [0.1, 0.15) is 0 Å². The number of carbonyl (C=O) groups excluding carboxylic acids is 1. The molecule has 4 nitrogen and oxygen atoms in total. The molecule has 1 rings (SSSR count). The van der Waals surface area contributed by atoms with E-state index in [9.17, 15) is 4.79 Å². The molecule has 0 bridgehead atoms. The van der Waals surface area contributed by atoms with E-state index < -0.39 is 6.17 Å². The van der Waals surface area contributed by atoms with Gasteiger partial charge in [0.15, 0.2) is 0 Å². The predicted octanol–water partition coefficient (Wildman–Crippen LogP) is -0.521. The molecule has 0 spiro atoms. The number of rotatable bonds is 0. The monoisotopic (exact) mass is 125 g/mol. The van der Waals surface area contributed by atoms with E-state index >= 15 is 0 Å². The molecule has 2 radical (unpaired) electrons. The minimum Gasteiger partial charge on any atom is -0.319 e. The molecule has 0 aromatic rings. The topological polar surface area (TPSA) is 58.4 Å². The van der Waals surface area contributed by atoms with E-state index in [1.54, 1.807) is 6.08 Å². The van der Waals surface area contributed by atoms with Crippen LogP contribution in [0.5, 0.6) is 0 Å². The average Bonchev–Trinajstić information content (AvgIpc) is 1.80. The Hall–Kier alpha value is -1.03. The summed E-state index contributed by atoms with van der Waals surface area (Å²) in [6.07, 6.45) is 2.60. The quantitative estimate of drug-likeness (QED) is 0.457. The first-order valence-corrected chi connectivity index (χ1v) is 2.48. The summed E-state index contributed by atoms with van der Waals surface area (Å²) in [6, 6.07) is -0.384. The lowest BCUT2D eigenvalue weighted by Gasteiger charge is -2.20. The fraction of sp³-hybridized carbons (Fsp3) is 0.200. The van der Waals surface area contributed by atoms with Crippen molar-refractivity contribution in [3.8, 4) is 0 Å². The SMILES string of the molecule is [CH]N1C=CC(N)NC1=O. The maximum Gasteiger partial charge on any atom is 0.323 e. The predicted molar refractivity (Wildman–Crippen MR) is 31.8 cm³/mol. The summed E-state index contributed by atoms with van der Waals surface area (Å²) in [5.74, 6) is 0. The van der Waals surface area contributed by atoms with Gasteiger partial charge in [-0.15, -0.1) is 0 Å². The molecule has 1 aliphatic heterocycles. The second kappa shape index (κ2) is 2.06. The first kappa shape index (κ1) is 6.10. The van der Waals surface area contributed by atoms with Crippen molar-refractivity contribution in [1.82, 2.24) is 10.2 Å². The summed E-state index contributed by atoms with van der Waals surface area (Å²) in [6.45, 7) is 0. The second-order valence-corrected chi connectivity index (χ2v) is 1.72. The fourth-order valence-electron chi connectivity index (χ4n) is 0.518. The summed E-state index contributed by atoms with van der Waals surface area (Å²) >= 11 is 0. The molecule has 0 aliphatic carbocycles. The van der Waals surface area contributed by atoms with Crippen LogP contribution in [0.4, 0.5) is 4.79 Å². The van der Waals surface area contributed by atoms with Gasteiger partial charge in [0, 0.05) is 6.20 Å². The molecule has 3 N–H and O–H groups in total. The van der Waals surface area contributed by atoms with Crippen LogP contribution in [-0.2, 0) is 0 Å². The summed E-state index contributed by atoms with van der Waals surface area (Å²) in [5, 5.41) is 2.38. The van der Waals surface area contributed by atoms with Crippen molar-refractivity contribution in [2.45, 2.75) is 6.17 Å². The van der Waals surface area contributed by atoms with Crippen molar-refractivity contribution in [3.63, 3.8) is 0 Å². The first-order chi connectivity index (χ1) is 4.20. The number of hydrogen-bond acceptors (Lipinski definition) is 2. The minimum atomic E-state index is -0.405. The third-order valence-electron chi connectivity index (χ3n) is 0.979. The molecule has 4 heteroatoms. The number of nitrogens with one attached hydrogen (secondary N) is 1. The van der Waals surface area contributed by atoms with Gasteiger partial charge in [0.05, 0.1) is 13.2 Å². The summed E-state index contributed by atoms with van der Waals surface area (Å²) in [7, 11) is 5.12. The van der Waals surface area contributed by atoms with Gasteiger partial charge in [-0.3, -0.25) is 4.90 Å². The first-order valence-electron chi connectivity index (χ1n) is 2.48. The van der Waals surface area contributed by atoms with Gasteiger partial charge in [-0.2, -0.15) is 0 Å². The second-order valence-electron chi connectivity index (χ2n) is 1.72. The van der Waals surface area contributed by atoms with Crippen LogP contribution in [-0.4, -0.2) is 17.1 Å². The number of hydrogen-bond donors (Lipinski definition) is 2. The standard InChI is InChI=1S/C5H7N3O/c1-8-3-2-4(6)7-5(8)9/h1-4H,6H2,(H,7,9). The van der Waals surface area contributed by atoms with Crippen molar-refractivity contribution in [2.24, 2.45) is 5.73 Å². The van der Waals surface area contributed by atoms with E-state index in [0.717, 1.165) is 4.90 Å². The Balaban J connectivity index is 2.65. The summed E-state index contributed by atoms with van der Waals surface area (Å²) < 4.78 is 0. The van der Waals surface area contributed by atoms with Crippen LogP contribution in [0, 0.1) is 7.05 Å². The van der Waals surface area contributed by atoms with Gasteiger partial charge >= 0.3 is 6.03 Å². The number of nitrogens with zero attached hydrogens (tertiary/aromatic N) is 1. The van der Waals surface area contributed by atoms with Crippen molar-refractivity contribution >= 4 is 6.03 Å². The van der Waals surface area contributed by atoms with Crippen LogP contribution in [0.25, 0.3) is 0 Å². The molecule has 0 aromatic heterocycles. The fourth-order valence-corrected chi connectivity index (χ4v) is 0.518. The number of carbonyl (C=O) groups is 1. The molecule has 0 aromatic carbocycles. The van der Waals surface area contributed by atoms with Gasteiger partial charge in [-0.25, -0.2) is 4.79 Å². The molecule has 1 unspecified atom stereocenters. The highest BCUT2D eigenvalue weighted by Gasteiger charge is 2.12. The molecular formula is C5H7N3O. The molecule has 1 aliphatic rings. The molecule has 2 amide bonds. The highest BCUT2D eigenvalue weighted by atomic mass is 16.2. The Bertz CT molecular complexity index is 154. The smallest absolute Gasteiger partial charge is 0.319 e. The lowest BCUT2D eigenvalue weighted by Crippen LogP contribution is -2.47. The third kappa shape index (κ3) is 1.20. The van der Waals surface area contributed by atoms with Crippen LogP contribution in [0.15, 0.2) is 12.3 Å². The number of nitrogens with two attached hydrogens (primary N) is 1. The van der Waals surface area contributed by atoms with Crippen LogP contribution >= 0.6 is 0 Å². The Kier molecular flexibility index (Phi) is 1.40. The van der Waals surface area contributed by atoms with Gasteiger partial charge in [0.25, 0.3) is 0 Å². The van der Waals surface area contributed by atoms with Gasteiger partial charge in [0.2, 0.25) is 0 Å². The maximum absolute atomic E-state index is 10.6. The van der Waals surface area contributed by atoms with E-state index in [1.807, 2.05) is 0 Å². The van der Waals surface area contributed by atoms with E-state index in [4.69, 9.17) is 12.8 Å². The molecule has 1 heterocycles. The summed E-state index contributed by atoms with van der Waals surface area (Å²) in [4.78, 5) is 11.5. The Morgan fingerprint density at radius 1 is 1.89 bits per heavy atom. The molecule has 0 fully saturated rings. The molecule has 0 saturated carbocycles. The maximum atomic E-state index is 10.6. The van der Waals surface area contributed by atoms with Crippen molar-refractivity contribution in [2.75, 3.05) is 0 Å². The third-order valence-corrected chi connectivity index (χ3v) is 0.979. The van der Waals surface area contributed by atoms with Crippen LogP contribution in [0.2, 0.25) is 0 Å². The van der Waals surface area contributed by atoms with E-state index in [0.29, 0.717) is 0 Å². The number of amides is 2. The highest BCUT2D eigenvalue weighted by molar-refractivity contribution is 5.77. The zero-order chi connectivity index (χ0) is 6.85. The largest absolute Gasteiger partial charge is 0.323 e. The van der Waals surface area contributed by atoms with Crippen molar-refractivity contribution in [1.29, 1.82) is 0 Å². The van der Waals surface area contributed by atoms with E-state index in [-0.39, 0.29) is 6.03 Å². The molecular weight excluding hydrogens is 118 g/mol. The molecule has 48 valence electrons. The van der Waals surface area contributed by atoms with E-state index in [1.165, 1.54) is 6.20 Å². The van der Waals surface area contributed by atoms with E-state index in [2.05, 4.69) is 5.32 Å². The summed E-state index contributed by atoms with van der Waals surface area (Å²) in [5.41, 5.74) is 5.29. The zero-order valence-electron chi connectivity index (χ0n) is 4.74. The molecule has 1 atom stereocenters. The van der Waals surface area contributed by atoms with Crippen LogP contribution in [0.3, 0.4) is 0 Å². The van der Waals surface area contributed by atoms with Gasteiger partial charge < -0.3 is 11.1 Å². The minimum absolute atomic E-state index is 0.384. The lowest BCUT2D eigenvalue weighted by molar-refractivity contribution is 0.221. The normalized spacial score (nSPS) is 26.2. The Labute approximate surface area is 53.3 Å². The van der Waals surface area contributed by atoms with Gasteiger partial charge in [0.1, 0.15) is 0 Å². The Morgan fingerprint density at radius 3 is 3.00 bits per heavy atom. The van der Waals surface area contributed by atoms with Crippen LogP contribution < -0.4 is 11.1 Å². The highest BCUT2D eigenvalue weighted by Crippen LogP contribution is 1.95. The average molecular weight is 125 g/mol. The number of urea groups is 1. The molecule has 0 saturated heterocycles. The van der Waals surface area contributed by atoms with Gasteiger partial charge in [-0.05, 0) is 6.08 Å². The van der Waals surface area contributed by atoms with Crippen molar-refractivity contribution < 1.29 is 4.79 Å². The lowest BCUT2D eigenvalue weighted by atomic mass is 10.4. The Morgan fingerprint density at radius 2 is 2.56 bits per heavy atom. The van der Waals surface area contributed by atoms with Crippen molar-refractivity contribution in [3.05, 3.63) is 19.3 Å². The zero-order valence-corrected chi connectivity index (χ0v) is 4.74.